The smallest absolute Gasteiger partial charge is 0.384 e. The Balaban J connectivity index is 3.60. The van der Waals surface area contributed by atoms with E-state index in [4.69, 9.17) is 9.47 Å². The highest BCUT2D eigenvalue weighted by molar-refractivity contribution is 5.88. The zero-order valence-corrected chi connectivity index (χ0v) is 11.3. The Morgan fingerprint density at radius 2 is 2.11 bits per heavy atom. The second kappa shape index (κ2) is 11.0. The maximum absolute atomic E-state index is 10.7. The Morgan fingerprint density at radius 1 is 1.39 bits per heavy atom. The van der Waals surface area contributed by atoms with Gasteiger partial charge in [-0.3, -0.25) is 0 Å². The van der Waals surface area contributed by atoms with Crippen molar-refractivity contribution < 1.29 is 24.1 Å². The molecule has 0 unspecified atom stereocenters. The van der Waals surface area contributed by atoms with Crippen LogP contribution in [0.25, 0.3) is 0 Å². The molecule has 0 heterocycles. The van der Waals surface area contributed by atoms with E-state index < -0.39 is 12.1 Å². The van der Waals surface area contributed by atoms with Crippen LogP contribution in [0, 0.1) is 11.8 Å². The van der Waals surface area contributed by atoms with Crippen molar-refractivity contribution in [3.63, 3.8) is 0 Å². The quantitative estimate of drug-likeness (QED) is 0.232. The van der Waals surface area contributed by atoms with Crippen molar-refractivity contribution in [2.45, 2.75) is 44.8 Å². The van der Waals surface area contributed by atoms with Crippen LogP contribution in [0.1, 0.15) is 32.6 Å². The molecule has 5 nitrogen and oxygen atoms in total. The number of unbranched alkanes of at least 4 members (excludes halogenated alkanes) is 1. The number of hydrogen-bond donors (Lipinski definition) is 1. The number of aliphatic hydroxyl groups is 1. The highest BCUT2D eigenvalue weighted by atomic mass is 16.7. The zero-order valence-electron chi connectivity index (χ0n) is 11.3. The van der Waals surface area contributed by atoms with Gasteiger partial charge in [-0.2, -0.15) is 0 Å². The van der Waals surface area contributed by atoms with Gasteiger partial charge in [-0.25, -0.2) is 4.79 Å². The molecule has 0 saturated heterocycles. The molecule has 0 aromatic rings. The van der Waals surface area contributed by atoms with Gasteiger partial charge in [0.2, 0.25) is 0 Å². The molecule has 18 heavy (non-hydrogen) atoms. The van der Waals surface area contributed by atoms with Crippen molar-refractivity contribution in [1.82, 2.24) is 0 Å². The normalized spacial score (nSPS) is 13.3. The predicted molar refractivity (Wildman–Crippen MR) is 66.7 cm³/mol. The number of hydrogen-bond acceptors (Lipinski definition) is 5. The summed E-state index contributed by atoms with van der Waals surface area (Å²) in [6, 6.07) is 0. The minimum absolute atomic E-state index is 0.0406. The number of ether oxygens (including phenoxy) is 3. The van der Waals surface area contributed by atoms with E-state index in [1.807, 2.05) is 6.92 Å². The molecule has 0 amide bonds. The first-order chi connectivity index (χ1) is 8.60. The van der Waals surface area contributed by atoms with Gasteiger partial charge in [0.15, 0.2) is 0 Å². The second-order valence-corrected chi connectivity index (χ2v) is 3.96. The first-order valence-electron chi connectivity index (χ1n) is 5.95. The lowest BCUT2D eigenvalue weighted by molar-refractivity contribution is -0.133. The number of carbonyl (C=O) groups excluding carboxylic acids is 1. The fraction of sp³-hybridized carbons (Fsp3) is 0.769. The van der Waals surface area contributed by atoms with Crippen molar-refractivity contribution in [2.75, 3.05) is 21.0 Å². The fourth-order valence-electron chi connectivity index (χ4n) is 1.37. The number of carbonyl (C=O) groups is 1. The van der Waals surface area contributed by atoms with Gasteiger partial charge in [0.25, 0.3) is 0 Å². The number of methoxy groups -OCH3 is 2. The molecular weight excluding hydrogens is 236 g/mol. The van der Waals surface area contributed by atoms with Gasteiger partial charge in [0, 0.05) is 19.5 Å². The molecule has 0 aliphatic carbocycles. The van der Waals surface area contributed by atoms with Gasteiger partial charge < -0.3 is 19.3 Å². The molecule has 0 rings (SSSR count). The average molecular weight is 258 g/mol. The molecular formula is C13H22O5. The summed E-state index contributed by atoms with van der Waals surface area (Å²) in [5, 5.41) is 9.71. The molecule has 2 atom stereocenters. The molecule has 0 saturated carbocycles. The molecule has 0 spiro atoms. The topological polar surface area (TPSA) is 65.0 Å². The second-order valence-electron chi connectivity index (χ2n) is 3.96. The van der Waals surface area contributed by atoms with Crippen LogP contribution >= 0.6 is 0 Å². The highest BCUT2D eigenvalue weighted by Crippen LogP contribution is 2.09. The molecule has 0 radical (unpaired) electrons. The third kappa shape index (κ3) is 10.1. The van der Waals surface area contributed by atoms with Gasteiger partial charge in [-0.15, -0.1) is 0 Å². The largest absolute Gasteiger partial charge is 0.459 e. The van der Waals surface area contributed by atoms with Crippen LogP contribution in [0.5, 0.6) is 0 Å². The molecule has 0 fully saturated rings. The Hall–Kier alpha value is -1.09. The first-order valence-corrected chi connectivity index (χ1v) is 5.95. The first kappa shape index (κ1) is 16.9. The van der Waals surface area contributed by atoms with Crippen LogP contribution in [0.3, 0.4) is 0 Å². The van der Waals surface area contributed by atoms with Crippen LogP contribution in [-0.4, -0.2) is 44.3 Å². The Bertz CT molecular complexity index is 279. The van der Waals surface area contributed by atoms with Crippen LogP contribution in [0.15, 0.2) is 0 Å². The molecule has 0 aromatic heterocycles. The van der Waals surface area contributed by atoms with Gasteiger partial charge >= 0.3 is 5.97 Å². The minimum Gasteiger partial charge on any atom is -0.459 e. The van der Waals surface area contributed by atoms with E-state index in [9.17, 15) is 9.90 Å². The lowest BCUT2D eigenvalue weighted by Gasteiger charge is -2.16. The average Bonchev–Trinajstić information content (AvgIpc) is 2.35. The summed E-state index contributed by atoms with van der Waals surface area (Å²) < 4.78 is 14.4. The van der Waals surface area contributed by atoms with Crippen molar-refractivity contribution >= 4 is 5.97 Å². The molecule has 0 aliphatic rings. The Morgan fingerprint density at radius 3 is 2.72 bits per heavy atom. The van der Waals surface area contributed by atoms with Crippen molar-refractivity contribution in [3.05, 3.63) is 0 Å². The van der Waals surface area contributed by atoms with Crippen LogP contribution in [-0.2, 0) is 19.0 Å². The summed E-state index contributed by atoms with van der Waals surface area (Å²) in [4.78, 5) is 10.7. The summed E-state index contributed by atoms with van der Waals surface area (Å²) in [7, 11) is 2.85. The summed E-state index contributed by atoms with van der Waals surface area (Å²) in [6.45, 7) is 2.12. The monoisotopic (exact) mass is 258 g/mol. The number of aliphatic hydroxyl groups excluding tert-OH is 1. The van der Waals surface area contributed by atoms with Crippen molar-refractivity contribution in [3.8, 4) is 11.8 Å². The minimum atomic E-state index is -0.530. The van der Waals surface area contributed by atoms with E-state index in [2.05, 4.69) is 16.6 Å². The Kier molecular flexibility index (Phi) is 10.4. The van der Waals surface area contributed by atoms with Gasteiger partial charge in [-0.05, 0) is 26.2 Å². The molecule has 1 N–H and O–H groups in total. The van der Waals surface area contributed by atoms with E-state index in [-0.39, 0.29) is 12.9 Å². The van der Waals surface area contributed by atoms with Crippen LogP contribution in [0.4, 0.5) is 0 Å². The number of esters is 1. The summed E-state index contributed by atoms with van der Waals surface area (Å²) in [5.74, 6) is 4.50. The van der Waals surface area contributed by atoms with E-state index in [1.54, 1.807) is 7.11 Å². The van der Waals surface area contributed by atoms with Crippen LogP contribution < -0.4 is 0 Å². The SMILES string of the molecule is COCO[C@@H](C)C[C@@H](O)CCCC#CC(=O)OC. The highest BCUT2D eigenvalue weighted by Gasteiger charge is 2.10. The van der Waals surface area contributed by atoms with Gasteiger partial charge in [0.05, 0.1) is 19.3 Å². The third-order valence-electron chi connectivity index (χ3n) is 2.29. The molecule has 0 bridgehead atoms. The van der Waals surface area contributed by atoms with Gasteiger partial charge in [-0.1, -0.05) is 5.92 Å². The maximum atomic E-state index is 10.7. The Labute approximate surface area is 108 Å². The van der Waals surface area contributed by atoms with E-state index in [1.165, 1.54) is 7.11 Å². The summed E-state index contributed by atoms with van der Waals surface area (Å²) in [6.07, 6.45) is 2.05. The lowest BCUT2D eigenvalue weighted by Crippen LogP contribution is -2.19. The fourth-order valence-corrected chi connectivity index (χ4v) is 1.37. The zero-order chi connectivity index (χ0) is 13.8. The van der Waals surface area contributed by atoms with Crippen molar-refractivity contribution in [1.29, 1.82) is 0 Å². The third-order valence-corrected chi connectivity index (χ3v) is 2.29. The van der Waals surface area contributed by atoms with E-state index in [0.717, 1.165) is 6.42 Å². The maximum Gasteiger partial charge on any atom is 0.384 e. The predicted octanol–water partition coefficient (Wildman–Crippen LogP) is 1.09. The lowest BCUT2D eigenvalue weighted by atomic mass is 10.1. The van der Waals surface area contributed by atoms with Crippen LogP contribution in [0.2, 0.25) is 0 Å². The molecule has 0 aromatic carbocycles. The summed E-state index contributed by atoms with van der Waals surface area (Å²) in [5.41, 5.74) is 0. The van der Waals surface area contributed by atoms with E-state index >= 15 is 0 Å². The van der Waals surface area contributed by atoms with Gasteiger partial charge in [0.1, 0.15) is 6.79 Å². The summed E-state index contributed by atoms with van der Waals surface area (Å²) >= 11 is 0. The molecule has 0 aliphatic heterocycles. The molecule has 5 heteroatoms. The van der Waals surface area contributed by atoms with Crippen molar-refractivity contribution in [2.24, 2.45) is 0 Å². The van der Waals surface area contributed by atoms with E-state index in [0.29, 0.717) is 19.3 Å². The number of rotatable bonds is 8. The molecule has 104 valence electrons. The standard InChI is InChI=1S/C13H22O5/c1-11(18-10-16-2)9-12(14)7-5-4-6-8-13(15)17-3/h11-12,14H,4-5,7,9-10H2,1-3H3/t11-,12-/m0/s1.